The Hall–Kier alpha value is -1.39. The summed E-state index contributed by atoms with van der Waals surface area (Å²) in [5, 5.41) is 0. The van der Waals surface area contributed by atoms with E-state index in [1.807, 2.05) is 4.90 Å². The lowest BCUT2D eigenvalue weighted by Gasteiger charge is -2.42. The van der Waals surface area contributed by atoms with Crippen LogP contribution >= 0.6 is 0 Å². The minimum absolute atomic E-state index is 0.0629. The number of sulfone groups is 1. The molecule has 3 fully saturated rings. The van der Waals surface area contributed by atoms with Crippen LogP contribution in [0.1, 0.15) is 38.5 Å². The van der Waals surface area contributed by atoms with Gasteiger partial charge in [-0.3, -0.25) is 9.80 Å². The van der Waals surface area contributed by atoms with E-state index in [9.17, 15) is 26.0 Å². The Bertz CT molecular complexity index is 934. The van der Waals surface area contributed by atoms with E-state index in [-0.39, 0.29) is 30.0 Å². The lowest BCUT2D eigenvalue weighted by Crippen LogP contribution is -2.53. The van der Waals surface area contributed by atoms with Crippen LogP contribution in [0.25, 0.3) is 0 Å². The van der Waals surface area contributed by atoms with Gasteiger partial charge in [0, 0.05) is 45.0 Å². The number of hydrogen-bond acceptors (Lipinski definition) is 5. The van der Waals surface area contributed by atoms with Crippen molar-refractivity contribution in [3.63, 3.8) is 0 Å². The third-order valence-electron chi connectivity index (χ3n) is 7.53. The summed E-state index contributed by atoms with van der Waals surface area (Å²) in [6.45, 7) is 3.49. The molecular weight excluding hydrogens is 460 g/mol. The van der Waals surface area contributed by atoms with Gasteiger partial charge in [0.25, 0.3) is 0 Å². The number of rotatable bonds is 7. The van der Waals surface area contributed by atoms with Crippen LogP contribution in [0, 0.1) is 17.2 Å². The number of halogens is 4. The second-order valence-corrected chi connectivity index (χ2v) is 12.0. The van der Waals surface area contributed by atoms with Crippen molar-refractivity contribution >= 4 is 9.84 Å². The van der Waals surface area contributed by atoms with E-state index in [2.05, 4.69) is 4.90 Å². The summed E-state index contributed by atoms with van der Waals surface area (Å²) in [5.74, 6) is -0.311. The number of piperazine rings is 1. The molecule has 5 nitrogen and oxygen atoms in total. The first-order valence-electron chi connectivity index (χ1n) is 11.6. The molecule has 0 atom stereocenters. The van der Waals surface area contributed by atoms with Gasteiger partial charge in [0.2, 0.25) is 0 Å². The van der Waals surface area contributed by atoms with Crippen LogP contribution < -0.4 is 4.74 Å². The zero-order valence-corrected chi connectivity index (χ0v) is 19.7. The minimum Gasteiger partial charge on any atom is -0.490 e. The van der Waals surface area contributed by atoms with E-state index in [4.69, 9.17) is 4.74 Å². The molecular formula is C23H32F4N2O3S. The van der Waals surface area contributed by atoms with Gasteiger partial charge >= 0.3 is 6.18 Å². The maximum Gasteiger partial charge on any atom is 0.395 e. The molecule has 2 saturated carbocycles. The van der Waals surface area contributed by atoms with E-state index in [1.165, 1.54) is 12.1 Å². The van der Waals surface area contributed by atoms with Gasteiger partial charge in [-0.15, -0.1) is 0 Å². The molecule has 0 aromatic heterocycles. The summed E-state index contributed by atoms with van der Waals surface area (Å²) in [4.78, 5) is 4.31. The maximum absolute atomic E-state index is 14.2. The molecule has 0 amide bonds. The highest BCUT2D eigenvalue weighted by Gasteiger charge is 2.63. The Labute approximate surface area is 193 Å². The molecule has 0 spiro atoms. The second kappa shape index (κ2) is 9.34. The molecule has 0 radical (unpaired) electrons. The Morgan fingerprint density at radius 3 is 2.21 bits per heavy atom. The van der Waals surface area contributed by atoms with E-state index >= 15 is 0 Å². The lowest BCUT2D eigenvalue weighted by atomic mass is 9.85. The number of hydrogen-bond donors (Lipinski definition) is 0. The molecule has 1 saturated heterocycles. The van der Waals surface area contributed by atoms with Crippen molar-refractivity contribution in [1.29, 1.82) is 0 Å². The van der Waals surface area contributed by atoms with Crippen LogP contribution in [0.15, 0.2) is 23.1 Å². The largest absolute Gasteiger partial charge is 0.490 e. The van der Waals surface area contributed by atoms with Crippen molar-refractivity contribution in [2.45, 2.75) is 55.6 Å². The van der Waals surface area contributed by atoms with E-state index in [1.54, 1.807) is 0 Å². The zero-order valence-electron chi connectivity index (χ0n) is 18.9. The van der Waals surface area contributed by atoms with Crippen molar-refractivity contribution in [1.82, 2.24) is 9.80 Å². The maximum atomic E-state index is 14.2. The van der Waals surface area contributed by atoms with E-state index in [0.29, 0.717) is 31.7 Å². The molecule has 2 aliphatic carbocycles. The Morgan fingerprint density at radius 2 is 1.70 bits per heavy atom. The fraction of sp³-hybridized carbons (Fsp3) is 0.739. The normalized spacial score (nSPS) is 26.8. The van der Waals surface area contributed by atoms with E-state index in [0.717, 1.165) is 51.1 Å². The van der Waals surface area contributed by atoms with Crippen LogP contribution in [0.2, 0.25) is 0 Å². The van der Waals surface area contributed by atoms with Gasteiger partial charge in [-0.2, -0.15) is 13.2 Å². The van der Waals surface area contributed by atoms with Crippen LogP contribution in [0.4, 0.5) is 17.6 Å². The average Bonchev–Trinajstić information content (AvgIpc) is 3.54. The Balaban J connectivity index is 1.19. The number of nitrogens with zero attached hydrogens (tertiary/aromatic N) is 2. The van der Waals surface area contributed by atoms with Crippen LogP contribution in [-0.4, -0.2) is 76.0 Å². The summed E-state index contributed by atoms with van der Waals surface area (Å²) < 4.78 is 82.5. The van der Waals surface area contributed by atoms with Crippen molar-refractivity contribution in [2.24, 2.45) is 11.3 Å². The summed E-state index contributed by atoms with van der Waals surface area (Å²) in [6.07, 6.45) is 1.35. The minimum atomic E-state index is -4.09. The van der Waals surface area contributed by atoms with E-state index < -0.39 is 27.2 Å². The summed E-state index contributed by atoms with van der Waals surface area (Å²) in [5.41, 5.74) is -1.46. The first-order valence-corrected chi connectivity index (χ1v) is 13.5. The average molecular weight is 493 g/mol. The molecule has 1 aromatic rings. The third kappa shape index (κ3) is 5.82. The fourth-order valence-corrected chi connectivity index (χ4v) is 5.74. The van der Waals surface area contributed by atoms with Crippen molar-refractivity contribution in [3.05, 3.63) is 24.0 Å². The molecule has 10 heteroatoms. The first-order chi connectivity index (χ1) is 15.5. The monoisotopic (exact) mass is 492 g/mol. The van der Waals surface area contributed by atoms with Crippen molar-refractivity contribution < 1.29 is 30.7 Å². The molecule has 186 valence electrons. The highest BCUT2D eigenvalue weighted by molar-refractivity contribution is 7.90. The van der Waals surface area contributed by atoms with Crippen LogP contribution in [0.3, 0.4) is 0 Å². The summed E-state index contributed by atoms with van der Waals surface area (Å²) in [7, 11) is -3.46. The van der Waals surface area contributed by atoms with Gasteiger partial charge < -0.3 is 4.74 Å². The second-order valence-electron chi connectivity index (χ2n) is 9.94. The van der Waals surface area contributed by atoms with Crippen molar-refractivity contribution in [2.75, 3.05) is 45.6 Å². The lowest BCUT2D eigenvalue weighted by molar-refractivity contribution is -0.193. The topological polar surface area (TPSA) is 49.9 Å². The van der Waals surface area contributed by atoms with Crippen molar-refractivity contribution in [3.8, 4) is 5.75 Å². The molecule has 1 aromatic carbocycles. The molecule has 1 aliphatic heterocycles. The Kier molecular flexibility index (Phi) is 7.00. The molecule has 33 heavy (non-hydrogen) atoms. The highest BCUT2D eigenvalue weighted by Crippen LogP contribution is 2.58. The third-order valence-corrected chi connectivity index (χ3v) is 8.64. The Morgan fingerprint density at radius 1 is 1.06 bits per heavy atom. The van der Waals surface area contributed by atoms with Crippen LogP contribution in [0.5, 0.6) is 5.75 Å². The van der Waals surface area contributed by atoms with Crippen LogP contribution in [-0.2, 0) is 9.84 Å². The van der Waals surface area contributed by atoms with Gasteiger partial charge in [-0.1, -0.05) is 0 Å². The summed E-state index contributed by atoms with van der Waals surface area (Å²) in [6, 6.07) is 4.14. The van der Waals surface area contributed by atoms with Gasteiger partial charge in [0.05, 0.1) is 16.9 Å². The molecule has 0 bridgehead atoms. The molecule has 0 unspecified atom stereocenters. The predicted molar refractivity (Wildman–Crippen MR) is 116 cm³/mol. The molecule has 0 N–H and O–H groups in total. The van der Waals surface area contributed by atoms with Gasteiger partial charge in [0.15, 0.2) is 21.4 Å². The first kappa shape index (κ1) is 24.7. The predicted octanol–water partition coefficient (Wildman–Crippen LogP) is 4.13. The quantitative estimate of drug-likeness (QED) is 0.536. The number of alkyl halides is 3. The van der Waals surface area contributed by atoms with Gasteiger partial charge in [-0.05, 0) is 62.6 Å². The standard InChI is InChI=1S/C23H32F4N2O3S/c1-33(30,31)19-6-7-21(20(24)14-19)32-15-17-2-4-18(5-3-17)29-12-10-28(11-13-29)16-22(8-9-22)23(25,26)27/h6-7,14,17-18H,2-5,8-13,15-16H2,1H3. The highest BCUT2D eigenvalue weighted by atomic mass is 32.2. The number of benzene rings is 1. The SMILES string of the molecule is CS(=O)(=O)c1ccc(OCC2CCC(N3CCN(CC4(C(F)(F)F)CC4)CC3)CC2)c(F)c1. The molecule has 1 heterocycles. The van der Waals surface area contributed by atoms with Gasteiger partial charge in [0.1, 0.15) is 0 Å². The summed E-state index contributed by atoms with van der Waals surface area (Å²) >= 11 is 0. The van der Waals surface area contributed by atoms with Gasteiger partial charge in [-0.25, -0.2) is 12.8 Å². The molecule has 4 rings (SSSR count). The molecule has 3 aliphatic rings. The number of ether oxygens (including phenoxy) is 1. The fourth-order valence-electron chi connectivity index (χ4n) is 5.11. The smallest absolute Gasteiger partial charge is 0.395 e. The zero-order chi connectivity index (χ0) is 23.9.